The summed E-state index contributed by atoms with van der Waals surface area (Å²) in [4.78, 5) is 38.2. The molecule has 0 aromatic rings. The lowest BCUT2D eigenvalue weighted by atomic mass is 10.1. The number of esters is 3. The number of rotatable bonds is 53. The molecule has 0 saturated heterocycles. The molecule has 0 rings (SSSR count). The Bertz CT molecular complexity index is 1290. The molecule has 0 radical (unpaired) electrons. The van der Waals surface area contributed by atoms with Crippen molar-refractivity contribution in [2.75, 3.05) is 13.2 Å². The fourth-order valence-corrected chi connectivity index (χ4v) is 8.27. The Morgan fingerprint density at radius 3 is 1.00 bits per heavy atom. The first-order chi connectivity index (χ1) is 34.0. The maximum atomic E-state index is 12.9. The molecule has 0 aromatic carbocycles. The predicted octanol–water partition coefficient (Wildman–Crippen LogP) is 19.8. The van der Waals surface area contributed by atoms with Gasteiger partial charge in [-0.05, 0) is 103 Å². The van der Waals surface area contributed by atoms with E-state index in [4.69, 9.17) is 14.2 Å². The zero-order chi connectivity index (χ0) is 50.0. The molecule has 69 heavy (non-hydrogen) atoms. The molecule has 0 aliphatic carbocycles. The average Bonchev–Trinajstić information content (AvgIpc) is 3.35. The Morgan fingerprint density at radius 1 is 0.319 bits per heavy atom. The van der Waals surface area contributed by atoms with Crippen molar-refractivity contribution in [3.8, 4) is 0 Å². The number of hydrogen-bond donors (Lipinski definition) is 0. The number of hydrogen-bond acceptors (Lipinski definition) is 6. The van der Waals surface area contributed by atoms with Gasteiger partial charge in [-0.2, -0.15) is 0 Å². The van der Waals surface area contributed by atoms with E-state index in [9.17, 15) is 14.4 Å². The smallest absolute Gasteiger partial charge is 0.306 e. The van der Waals surface area contributed by atoms with Crippen molar-refractivity contribution in [1.29, 1.82) is 0 Å². The second-order valence-corrected chi connectivity index (χ2v) is 19.5. The van der Waals surface area contributed by atoms with E-state index in [0.717, 1.165) is 109 Å². The van der Waals surface area contributed by atoms with E-state index >= 15 is 0 Å². The number of ether oxygens (including phenoxy) is 3. The van der Waals surface area contributed by atoms with Gasteiger partial charge in [0.1, 0.15) is 13.2 Å². The number of unbranched alkanes of at least 4 members (excludes halogenated alkanes) is 31. The standard InChI is InChI=1S/C63H110O6/c1-4-7-10-13-16-19-22-25-28-30-32-34-35-38-41-44-47-50-53-56-62(65)68-59-60(58-67-61(64)55-52-49-46-43-40-37-27-24-21-18-15-12-9-6-3)69-63(66)57-54-51-48-45-42-39-36-33-31-29-26-23-20-17-14-11-8-5-2/h7,10,16,19,25,28-29,31,33,36-37,40,60H,4-6,8-9,11-15,17-18,20-24,26-27,30,32,34-35,38-39,41-59H2,1-3H3/b10-7-,19-16-,28-25-,31-29-,36-33-,40-37-. The molecule has 0 aliphatic heterocycles. The van der Waals surface area contributed by atoms with Gasteiger partial charge in [-0.1, -0.05) is 241 Å². The number of allylic oxidation sites excluding steroid dienone is 12. The van der Waals surface area contributed by atoms with Gasteiger partial charge in [0.2, 0.25) is 0 Å². The third-order valence-electron chi connectivity index (χ3n) is 12.7. The van der Waals surface area contributed by atoms with Gasteiger partial charge in [-0.15, -0.1) is 0 Å². The number of carbonyl (C=O) groups excluding carboxylic acids is 3. The predicted molar refractivity (Wildman–Crippen MR) is 298 cm³/mol. The van der Waals surface area contributed by atoms with Gasteiger partial charge in [-0.3, -0.25) is 14.4 Å². The molecule has 0 spiro atoms. The van der Waals surface area contributed by atoms with Crippen LogP contribution in [0, 0.1) is 0 Å². The average molecular weight is 964 g/mol. The molecule has 0 aromatic heterocycles. The third kappa shape index (κ3) is 55.6. The van der Waals surface area contributed by atoms with Crippen LogP contribution in [0.3, 0.4) is 0 Å². The van der Waals surface area contributed by atoms with Crippen LogP contribution in [0.25, 0.3) is 0 Å². The van der Waals surface area contributed by atoms with Gasteiger partial charge in [0.15, 0.2) is 6.10 Å². The normalized spacial score (nSPS) is 12.6. The van der Waals surface area contributed by atoms with Crippen molar-refractivity contribution in [1.82, 2.24) is 0 Å². The fraction of sp³-hybridized carbons (Fsp3) is 0.762. The lowest BCUT2D eigenvalue weighted by Gasteiger charge is -2.18. The van der Waals surface area contributed by atoms with E-state index in [1.54, 1.807) is 0 Å². The van der Waals surface area contributed by atoms with Crippen LogP contribution in [0.2, 0.25) is 0 Å². The molecular formula is C63H110O6. The Hall–Kier alpha value is -3.15. The van der Waals surface area contributed by atoms with Crippen LogP contribution in [0.15, 0.2) is 72.9 Å². The second kappa shape index (κ2) is 57.4. The summed E-state index contributed by atoms with van der Waals surface area (Å²) < 4.78 is 16.9. The van der Waals surface area contributed by atoms with Crippen LogP contribution in [-0.2, 0) is 28.6 Å². The molecule has 0 amide bonds. The van der Waals surface area contributed by atoms with Gasteiger partial charge in [0.25, 0.3) is 0 Å². The highest BCUT2D eigenvalue weighted by Crippen LogP contribution is 2.15. The van der Waals surface area contributed by atoms with Gasteiger partial charge >= 0.3 is 17.9 Å². The Kier molecular flexibility index (Phi) is 54.8. The highest BCUT2D eigenvalue weighted by Gasteiger charge is 2.19. The Labute approximate surface area is 427 Å². The minimum Gasteiger partial charge on any atom is -0.462 e. The molecule has 1 atom stereocenters. The van der Waals surface area contributed by atoms with Gasteiger partial charge < -0.3 is 14.2 Å². The summed E-state index contributed by atoms with van der Waals surface area (Å²) in [5, 5.41) is 0. The molecule has 1 unspecified atom stereocenters. The van der Waals surface area contributed by atoms with E-state index < -0.39 is 6.10 Å². The van der Waals surface area contributed by atoms with E-state index in [1.165, 1.54) is 141 Å². The molecule has 0 saturated carbocycles. The van der Waals surface area contributed by atoms with Crippen molar-refractivity contribution < 1.29 is 28.6 Å². The molecule has 0 aliphatic rings. The molecule has 0 fully saturated rings. The van der Waals surface area contributed by atoms with Crippen LogP contribution in [0.1, 0.15) is 290 Å². The lowest BCUT2D eigenvalue weighted by Crippen LogP contribution is -2.30. The minimum absolute atomic E-state index is 0.0886. The SMILES string of the molecule is CC/C=C\C/C=C\C/C=C\CCCCCCCCCCCC(=O)OCC(COC(=O)CCCCC/C=C\CCCCCCCCC)OC(=O)CCCCCCC/C=C\C=C/CCCCCCCCC. The van der Waals surface area contributed by atoms with Crippen LogP contribution in [0.5, 0.6) is 0 Å². The summed E-state index contributed by atoms with van der Waals surface area (Å²) in [5.74, 6) is -0.916. The quantitative estimate of drug-likeness (QED) is 0.0199. The molecular weight excluding hydrogens is 853 g/mol. The molecule has 0 bridgehead atoms. The van der Waals surface area contributed by atoms with Crippen molar-refractivity contribution >= 4 is 17.9 Å². The van der Waals surface area contributed by atoms with Gasteiger partial charge in [0.05, 0.1) is 0 Å². The highest BCUT2D eigenvalue weighted by atomic mass is 16.6. The van der Waals surface area contributed by atoms with Crippen LogP contribution >= 0.6 is 0 Å². The minimum atomic E-state index is -0.792. The van der Waals surface area contributed by atoms with Crippen molar-refractivity contribution in [3.63, 3.8) is 0 Å². The van der Waals surface area contributed by atoms with Crippen LogP contribution < -0.4 is 0 Å². The second-order valence-electron chi connectivity index (χ2n) is 19.5. The van der Waals surface area contributed by atoms with E-state index in [1.807, 2.05) is 0 Å². The van der Waals surface area contributed by atoms with Crippen molar-refractivity contribution in [3.05, 3.63) is 72.9 Å². The molecule has 0 N–H and O–H groups in total. The van der Waals surface area contributed by atoms with E-state index in [-0.39, 0.29) is 31.1 Å². The largest absolute Gasteiger partial charge is 0.462 e. The summed E-state index contributed by atoms with van der Waals surface area (Å²) in [5.41, 5.74) is 0. The third-order valence-corrected chi connectivity index (χ3v) is 12.7. The zero-order valence-corrected chi connectivity index (χ0v) is 45.6. The topological polar surface area (TPSA) is 78.9 Å². The molecule has 6 heteroatoms. The van der Waals surface area contributed by atoms with Crippen LogP contribution in [-0.4, -0.2) is 37.2 Å². The van der Waals surface area contributed by atoms with Crippen LogP contribution in [0.4, 0.5) is 0 Å². The van der Waals surface area contributed by atoms with E-state index in [2.05, 4.69) is 93.7 Å². The fourth-order valence-electron chi connectivity index (χ4n) is 8.27. The van der Waals surface area contributed by atoms with Crippen molar-refractivity contribution in [2.24, 2.45) is 0 Å². The summed E-state index contributed by atoms with van der Waals surface area (Å²) in [6.45, 7) is 6.51. The number of carbonyl (C=O) groups is 3. The van der Waals surface area contributed by atoms with Crippen molar-refractivity contribution in [2.45, 2.75) is 297 Å². The maximum absolute atomic E-state index is 12.9. The molecule has 398 valence electrons. The zero-order valence-electron chi connectivity index (χ0n) is 45.6. The Balaban J connectivity index is 4.41. The van der Waals surface area contributed by atoms with E-state index in [0.29, 0.717) is 19.3 Å². The van der Waals surface area contributed by atoms with Gasteiger partial charge in [0, 0.05) is 19.3 Å². The molecule has 6 nitrogen and oxygen atoms in total. The lowest BCUT2D eigenvalue weighted by molar-refractivity contribution is -0.167. The first kappa shape index (κ1) is 65.8. The first-order valence-electron chi connectivity index (χ1n) is 29.5. The van der Waals surface area contributed by atoms with Gasteiger partial charge in [-0.25, -0.2) is 0 Å². The molecule has 0 heterocycles. The maximum Gasteiger partial charge on any atom is 0.306 e. The summed E-state index contributed by atoms with van der Waals surface area (Å²) in [6.07, 6.45) is 73.2. The monoisotopic (exact) mass is 963 g/mol. The first-order valence-corrected chi connectivity index (χ1v) is 29.5. The Morgan fingerprint density at radius 2 is 0.609 bits per heavy atom. The highest BCUT2D eigenvalue weighted by molar-refractivity contribution is 5.71. The summed E-state index contributed by atoms with van der Waals surface area (Å²) >= 11 is 0. The summed E-state index contributed by atoms with van der Waals surface area (Å²) in [6, 6.07) is 0. The summed E-state index contributed by atoms with van der Waals surface area (Å²) in [7, 11) is 0.